The molecule has 0 aliphatic heterocycles. The van der Waals surface area contributed by atoms with Gasteiger partial charge in [-0.3, -0.25) is 4.79 Å². The molecule has 0 saturated carbocycles. The molecule has 1 atom stereocenters. The zero-order valence-corrected chi connectivity index (χ0v) is 12.1. The zero-order chi connectivity index (χ0) is 12.9. The monoisotopic (exact) mass is 241 g/mol. The van der Waals surface area contributed by atoms with Crippen LogP contribution in [0.3, 0.4) is 0 Å². The molecule has 0 saturated heterocycles. The van der Waals surface area contributed by atoms with E-state index in [4.69, 9.17) is 0 Å². The molecule has 0 aliphatic rings. The van der Waals surface area contributed by atoms with E-state index in [0.29, 0.717) is 0 Å². The summed E-state index contributed by atoms with van der Waals surface area (Å²) in [7, 11) is 0. The Kier molecular flexibility index (Phi) is 11.6. The summed E-state index contributed by atoms with van der Waals surface area (Å²) in [6, 6.07) is 0. The van der Waals surface area contributed by atoms with Gasteiger partial charge < -0.3 is 5.32 Å². The Hall–Kier alpha value is -0.530. The van der Waals surface area contributed by atoms with E-state index in [0.717, 1.165) is 25.8 Å². The van der Waals surface area contributed by atoms with Gasteiger partial charge in [0.15, 0.2) is 0 Å². The fourth-order valence-corrected chi connectivity index (χ4v) is 1.93. The molecule has 1 amide bonds. The normalized spacial score (nSPS) is 12.4. The third kappa shape index (κ3) is 10.3. The van der Waals surface area contributed by atoms with E-state index >= 15 is 0 Å². The molecule has 0 aromatic heterocycles. The third-order valence-electron chi connectivity index (χ3n) is 3.27. The summed E-state index contributed by atoms with van der Waals surface area (Å²) in [6.07, 6.45) is 11.1. The molecule has 0 radical (unpaired) electrons. The van der Waals surface area contributed by atoms with Crippen LogP contribution in [0.25, 0.3) is 0 Å². The van der Waals surface area contributed by atoms with Gasteiger partial charge in [-0.15, -0.1) is 0 Å². The highest BCUT2D eigenvalue weighted by Gasteiger charge is 2.10. The summed E-state index contributed by atoms with van der Waals surface area (Å²) >= 11 is 0. The zero-order valence-electron chi connectivity index (χ0n) is 12.1. The number of unbranched alkanes of at least 4 members (excludes halogenated alkanes) is 6. The number of nitrogens with one attached hydrogen (secondary N) is 1. The van der Waals surface area contributed by atoms with Crippen LogP contribution in [0, 0.1) is 5.92 Å². The number of hydrogen-bond donors (Lipinski definition) is 1. The Morgan fingerprint density at radius 3 is 2.18 bits per heavy atom. The summed E-state index contributed by atoms with van der Waals surface area (Å²) < 4.78 is 0. The van der Waals surface area contributed by atoms with Gasteiger partial charge in [-0.25, -0.2) is 0 Å². The molecule has 1 N–H and O–H groups in total. The van der Waals surface area contributed by atoms with E-state index in [-0.39, 0.29) is 11.8 Å². The molecule has 2 heteroatoms. The number of hydrogen-bond acceptors (Lipinski definition) is 1. The lowest BCUT2D eigenvalue weighted by Gasteiger charge is -2.11. The van der Waals surface area contributed by atoms with Gasteiger partial charge in [0.2, 0.25) is 5.91 Å². The molecule has 0 aromatic rings. The van der Waals surface area contributed by atoms with Crippen molar-refractivity contribution in [2.24, 2.45) is 5.92 Å². The number of carbonyl (C=O) groups is 1. The standard InChI is InChI=1S/C15H31NO/c1-4-6-8-9-10-11-13-16-15(17)14(3)12-7-5-2/h14H,4-13H2,1-3H3,(H,16,17). The van der Waals surface area contributed by atoms with Crippen molar-refractivity contribution >= 4 is 5.91 Å². The molecule has 0 aliphatic carbocycles. The molecular formula is C15H31NO. The van der Waals surface area contributed by atoms with E-state index in [9.17, 15) is 4.79 Å². The highest BCUT2D eigenvalue weighted by atomic mass is 16.1. The minimum atomic E-state index is 0.190. The van der Waals surface area contributed by atoms with Gasteiger partial charge in [0.25, 0.3) is 0 Å². The fourth-order valence-electron chi connectivity index (χ4n) is 1.93. The van der Waals surface area contributed by atoms with E-state index < -0.39 is 0 Å². The van der Waals surface area contributed by atoms with Crippen LogP contribution >= 0.6 is 0 Å². The lowest BCUT2D eigenvalue weighted by Crippen LogP contribution is -2.29. The number of rotatable bonds is 11. The molecule has 2 nitrogen and oxygen atoms in total. The second-order valence-electron chi connectivity index (χ2n) is 5.10. The maximum absolute atomic E-state index is 11.7. The molecule has 17 heavy (non-hydrogen) atoms. The summed E-state index contributed by atoms with van der Waals surface area (Å²) in [5, 5.41) is 3.04. The Morgan fingerprint density at radius 2 is 1.53 bits per heavy atom. The first kappa shape index (κ1) is 16.5. The second-order valence-corrected chi connectivity index (χ2v) is 5.10. The molecule has 102 valence electrons. The number of amides is 1. The lowest BCUT2D eigenvalue weighted by atomic mass is 10.0. The molecule has 0 rings (SSSR count). The minimum Gasteiger partial charge on any atom is -0.356 e. The first-order chi connectivity index (χ1) is 8.22. The van der Waals surface area contributed by atoms with E-state index in [1.54, 1.807) is 0 Å². The van der Waals surface area contributed by atoms with Crippen LogP contribution in [-0.2, 0) is 4.79 Å². The topological polar surface area (TPSA) is 29.1 Å². The average Bonchev–Trinajstić information content (AvgIpc) is 2.34. The predicted molar refractivity (Wildman–Crippen MR) is 75.1 cm³/mol. The van der Waals surface area contributed by atoms with Gasteiger partial charge in [0.05, 0.1) is 0 Å². The summed E-state index contributed by atoms with van der Waals surface area (Å²) in [4.78, 5) is 11.7. The summed E-state index contributed by atoms with van der Waals surface area (Å²) in [5.41, 5.74) is 0. The molecule has 1 unspecified atom stereocenters. The average molecular weight is 241 g/mol. The maximum atomic E-state index is 11.7. The fraction of sp³-hybridized carbons (Fsp3) is 0.933. The maximum Gasteiger partial charge on any atom is 0.222 e. The third-order valence-corrected chi connectivity index (χ3v) is 3.27. The first-order valence-corrected chi connectivity index (χ1v) is 7.50. The molecule has 0 aromatic carbocycles. The van der Waals surface area contributed by atoms with Crippen molar-refractivity contribution in [2.45, 2.75) is 78.6 Å². The van der Waals surface area contributed by atoms with Crippen LogP contribution in [0.15, 0.2) is 0 Å². The molecule has 0 fully saturated rings. The van der Waals surface area contributed by atoms with Crippen molar-refractivity contribution in [3.8, 4) is 0 Å². The minimum absolute atomic E-state index is 0.190. The van der Waals surface area contributed by atoms with Crippen LogP contribution in [0.2, 0.25) is 0 Å². The van der Waals surface area contributed by atoms with Crippen LogP contribution in [0.1, 0.15) is 78.6 Å². The van der Waals surface area contributed by atoms with Crippen LogP contribution in [0.5, 0.6) is 0 Å². The first-order valence-electron chi connectivity index (χ1n) is 7.50. The van der Waals surface area contributed by atoms with Crippen LogP contribution in [0.4, 0.5) is 0 Å². The highest BCUT2D eigenvalue weighted by molar-refractivity contribution is 5.78. The Labute approximate surface area is 108 Å². The van der Waals surface area contributed by atoms with E-state index in [2.05, 4.69) is 19.2 Å². The molecular weight excluding hydrogens is 210 g/mol. The van der Waals surface area contributed by atoms with Crippen LogP contribution in [-0.4, -0.2) is 12.5 Å². The number of carbonyl (C=O) groups excluding carboxylic acids is 1. The smallest absolute Gasteiger partial charge is 0.222 e. The predicted octanol–water partition coefficient (Wildman–Crippen LogP) is 4.29. The van der Waals surface area contributed by atoms with Gasteiger partial charge in [-0.1, -0.05) is 65.7 Å². The highest BCUT2D eigenvalue weighted by Crippen LogP contribution is 2.08. The second kappa shape index (κ2) is 11.9. The lowest BCUT2D eigenvalue weighted by molar-refractivity contribution is -0.124. The summed E-state index contributed by atoms with van der Waals surface area (Å²) in [5.74, 6) is 0.432. The van der Waals surface area contributed by atoms with E-state index in [1.807, 2.05) is 6.92 Å². The van der Waals surface area contributed by atoms with Crippen molar-refractivity contribution in [1.29, 1.82) is 0 Å². The SMILES string of the molecule is CCCCCCCCNC(=O)C(C)CCCC. The van der Waals surface area contributed by atoms with Crippen molar-refractivity contribution in [3.05, 3.63) is 0 Å². The van der Waals surface area contributed by atoms with Gasteiger partial charge in [-0.2, -0.15) is 0 Å². The molecule has 0 spiro atoms. The van der Waals surface area contributed by atoms with Crippen molar-refractivity contribution < 1.29 is 4.79 Å². The van der Waals surface area contributed by atoms with Gasteiger partial charge in [-0.05, 0) is 12.8 Å². The summed E-state index contributed by atoms with van der Waals surface area (Å²) in [6.45, 7) is 7.30. The van der Waals surface area contributed by atoms with Crippen molar-refractivity contribution in [2.75, 3.05) is 6.54 Å². The Bertz CT molecular complexity index is 180. The van der Waals surface area contributed by atoms with Gasteiger partial charge >= 0.3 is 0 Å². The van der Waals surface area contributed by atoms with E-state index in [1.165, 1.54) is 38.5 Å². The van der Waals surface area contributed by atoms with Crippen LogP contribution < -0.4 is 5.32 Å². The Morgan fingerprint density at radius 1 is 0.941 bits per heavy atom. The molecule has 0 bridgehead atoms. The van der Waals surface area contributed by atoms with Crippen molar-refractivity contribution in [1.82, 2.24) is 5.32 Å². The van der Waals surface area contributed by atoms with Crippen molar-refractivity contribution in [3.63, 3.8) is 0 Å². The Balaban J connectivity index is 3.32. The molecule has 0 heterocycles. The quantitative estimate of drug-likeness (QED) is 0.537. The van der Waals surface area contributed by atoms with Gasteiger partial charge in [0.1, 0.15) is 0 Å². The largest absolute Gasteiger partial charge is 0.356 e. The van der Waals surface area contributed by atoms with Gasteiger partial charge in [0, 0.05) is 12.5 Å².